The van der Waals surface area contributed by atoms with Crippen LogP contribution >= 0.6 is 0 Å². The first-order valence-electron chi connectivity index (χ1n) is 7.43. The fraction of sp³-hybridized carbons (Fsp3) is 0.500. The van der Waals surface area contributed by atoms with Crippen molar-refractivity contribution in [2.75, 3.05) is 33.9 Å². The molecule has 1 N–H and O–H groups in total. The topological polar surface area (TPSA) is 67.9 Å². The first-order valence-corrected chi connectivity index (χ1v) is 7.43. The standard InChI is InChI=1S/C16H22N2O4/c1-21-12-6-7-14(22-2)13(11-12)16(20)17-8-4-10-18-9-3-5-15(18)19/h6-7,11H,3-5,8-10H2,1-2H3,(H,17,20). The number of carbonyl (C=O) groups excluding carboxylic acids is 2. The van der Waals surface area contributed by atoms with Crippen LogP contribution in [0, 0.1) is 0 Å². The maximum Gasteiger partial charge on any atom is 0.255 e. The molecule has 0 aliphatic carbocycles. The number of likely N-dealkylation sites (tertiary alicyclic amines) is 1. The molecule has 1 aliphatic rings. The van der Waals surface area contributed by atoms with Gasteiger partial charge in [0.05, 0.1) is 19.8 Å². The SMILES string of the molecule is COc1ccc(OC)c(C(=O)NCCCN2CCCC2=O)c1. The third-order valence-corrected chi connectivity index (χ3v) is 3.71. The Morgan fingerprint density at radius 2 is 2.14 bits per heavy atom. The number of hydrogen-bond donors (Lipinski definition) is 1. The van der Waals surface area contributed by atoms with E-state index in [2.05, 4.69) is 5.32 Å². The normalized spacial score (nSPS) is 14.1. The highest BCUT2D eigenvalue weighted by Gasteiger charge is 2.19. The molecule has 0 radical (unpaired) electrons. The summed E-state index contributed by atoms with van der Waals surface area (Å²) in [7, 11) is 3.08. The Labute approximate surface area is 130 Å². The van der Waals surface area contributed by atoms with E-state index in [4.69, 9.17) is 9.47 Å². The molecule has 1 saturated heterocycles. The summed E-state index contributed by atoms with van der Waals surface area (Å²) in [4.78, 5) is 25.6. The predicted octanol–water partition coefficient (Wildman–Crippen LogP) is 1.45. The van der Waals surface area contributed by atoms with E-state index in [1.54, 1.807) is 25.3 Å². The first-order chi connectivity index (χ1) is 10.7. The molecule has 0 atom stereocenters. The van der Waals surface area contributed by atoms with E-state index in [1.807, 2.05) is 4.90 Å². The zero-order valence-corrected chi connectivity index (χ0v) is 13.1. The van der Waals surface area contributed by atoms with E-state index < -0.39 is 0 Å². The lowest BCUT2D eigenvalue weighted by Crippen LogP contribution is -2.30. The van der Waals surface area contributed by atoms with Gasteiger partial charge >= 0.3 is 0 Å². The van der Waals surface area contributed by atoms with E-state index in [1.165, 1.54) is 7.11 Å². The zero-order valence-electron chi connectivity index (χ0n) is 13.1. The van der Waals surface area contributed by atoms with Crippen molar-refractivity contribution in [2.24, 2.45) is 0 Å². The molecule has 1 aromatic rings. The van der Waals surface area contributed by atoms with Crippen molar-refractivity contribution in [1.29, 1.82) is 0 Å². The van der Waals surface area contributed by atoms with E-state index >= 15 is 0 Å². The molecule has 1 heterocycles. The summed E-state index contributed by atoms with van der Waals surface area (Å²) in [5, 5.41) is 2.85. The average molecular weight is 306 g/mol. The van der Waals surface area contributed by atoms with E-state index in [9.17, 15) is 9.59 Å². The third-order valence-electron chi connectivity index (χ3n) is 3.71. The molecule has 6 nitrogen and oxygen atoms in total. The van der Waals surface area contributed by atoms with Crippen molar-refractivity contribution < 1.29 is 19.1 Å². The van der Waals surface area contributed by atoms with Crippen molar-refractivity contribution in [3.05, 3.63) is 23.8 Å². The quantitative estimate of drug-likeness (QED) is 0.774. The van der Waals surface area contributed by atoms with Crippen LogP contribution in [0.4, 0.5) is 0 Å². The highest BCUT2D eigenvalue weighted by atomic mass is 16.5. The maximum absolute atomic E-state index is 12.2. The van der Waals surface area contributed by atoms with Crippen molar-refractivity contribution in [2.45, 2.75) is 19.3 Å². The molecule has 0 spiro atoms. The predicted molar refractivity (Wildman–Crippen MR) is 82.3 cm³/mol. The summed E-state index contributed by atoms with van der Waals surface area (Å²) in [6.07, 6.45) is 2.32. The van der Waals surface area contributed by atoms with Crippen LogP contribution in [0.25, 0.3) is 0 Å². The van der Waals surface area contributed by atoms with Crippen molar-refractivity contribution in [3.8, 4) is 11.5 Å². The largest absolute Gasteiger partial charge is 0.497 e. The number of nitrogens with zero attached hydrogens (tertiary/aromatic N) is 1. The number of ether oxygens (including phenoxy) is 2. The Kier molecular flexibility index (Phi) is 5.63. The highest BCUT2D eigenvalue weighted by molar-refractivity contribution is 5.97. The van der Waals surface area contributed by atoms with Crippen LogP contribution in [-0.4, -0.2) is 50.6 Å². The molecule has 22 heavy (non-hydrogen) atoms. The van der Waals surface area contributed by atoms with Gasteiger partial charge in [-0.05, 0) is 31.0 Å². The number of benzene rings is 1. The molecule has 1 fully saturated rings. The van der Waals surface area contributed by atoms with Crippen LogP contribution in [0.2, 0.25) is 0 Å². The van der Waals surface area contributed by atoms with Crippen molar-refractivity contribution in [3.63, 3.8) is 0 Å². The smallest absolute Gasteiger partial charge is 0.255 e. The Bertz CT molecular complexity index is 545. The number of methoxy groups -OCH3 is 2. The van der Waals surface area contributed by atoms with Gasteiger partial charge in [-0.1, -0.05) is 0 Å². The lowest BCUT2D eigenvalue weighted by Gasteiger charge is -2.15. The summed E-state index contributed by atoms with van der Waals surface area (Å²) < 4.78 is 10.3. The molecule has 2 amide bonds. The molecule has 1 aliphatic heterocycles. The molecule has 2 rings (SSSR count). The van der Waals surface area contributed by atoms with Crippen LogP contribution in [0.15, 0.2) is 18.2 Å². The fourth-order valence-electron chi connectivity index (χ4n) is 2.50. The van der Waals surface area contributed by atoms with Gasteiger partial charge in [0.25, 0.3) is 5.91 Å². The van der Waals surface area contributed by atoms with Gasteiger partial charge in [0.2, 0.25) is 5.91 Å². The van der Waals surface area contributed by atoms with E-state index in [-0.39, 0.29) is 11.8 Å². The molecule has 0 aromatic heterocycles. The number of rotatable bonds is 7. The van der Waals surface area contributed by atoms with Gasteiger partial charge in [0, 0.05) is 26.1 Å². The monoisotopic (exact) mass is 306 g/mol. The van der Waals surface area contributed by atoms with Crippen LogP contribution in [0.1, 0.15) is 29.6 Å². The van der Waals surface area contributed by atoms with Gasteiger partial charge in [0.1, 0.15) is 11.5 Å². The van der Waals surface area contributed by atoms with Gasteiger partial charge in [-0.25, -0.2) is 0 Å². The minimum absolute atomic E-state index is 0.205. The van der Waals surface area contributed by atoms with Crippen LogP contribution in [0.3, 0.4) is 0 Å². The molecular formula is C16H22N2O4. The van der Waals surface area contributed by atoms with Gasteiger partial charge in [-0.2, -0.15) is 0 Å². The van der Waals surface area contributed by atoms with E-state index in [0.717, 1.165) is 19.4 Å². The first kappa shape index (κ1) is 16.1. The van der Waals surface area contributed by atoms with Gasteiger partial charge in [-0.15, -0.1) is 0 Å². The van der Waals surface area contributed by atoms with Crippen molar-refractivity contribution >= 4 is 11.8 Å². The lowest BCUT2D eigenvalue weighted by atomic mass is 10.1. The molecule has 0 saturated carbocycles. The summed E-state index contributed by atoms with van der Waals surface area (Å²) in [6.45, 7) is 2.04. The van der Waals surface area contributed by atoms with Gasteiger partial charge < -0.3 is 19.7 Å². The lowest BCUT2D eigenvalue weighted by molar-refractivity contribution is -0.127. The van der Waals surface area contributed by atoms with Gasteiger partial charge in [0.15, 0.2) is 0 Å². The molecule has 0 unspecified atom stereocenters. The second kappa shape index (κ2) is 7.68. The van der Waals surface area contributed by atoms with Crippen LogP contribution < -0.4 is 14.8 Å². The molecule has 6 heteroatoms. The third kappa shape index (κ3) is 3.90. The molecule has 0 bridgehead atoms. The van der Waals surface area contributed by atoms with Crippen LogP contribution in [-0.2, 0) is 4.79 Å². The van der Waals surface area contributed by atoms with E-state index in [0.29, 0.717) is 36.6 Å². The summed E-state index contributed by atoms with van der Waals surface area (Å²) in [5.74, 6) is 1.12. The summed E-state index contributed by atoms with van der Waals surface area (Å²) in [6, 6.07) is 5.10. The molecule has 120 valence electrons. The minimum Gasteiger partial charge on any atom is -0.497 e. The Morgan fingerprint density at radius 3 is 2.77 bits per heavy atom. The Hall–Kier alpha value is -2.24. The fourth-order valence-corrected chi connectivity index (χ4v) is 2.50. The van der Waals surface area contributed by atoms with Gasteiger partial charge in [-0.3, -0.25) is 9.59 Å². The molecular weight excluding hydrogens is 284 g/mol. The zero-order chi connectivity index (χ0) is 15.9. The number of hydrogen-bond acceptors (Lipinski definition) is 4. The minimum atomic E-state index is -0.205. The summed E-state index contributed by atoms with van der Waals surface area (Å²) in [5.41, 5.74) is 0.444. The number of carbonyl (C=O) groups is 2. The van der Waals surface area contributed by atoms with Crippen LogP contribution in [0.5, 0.6) is 11.5 Å². The number of amides is 2. The summed E-state index contributed by atoms with van der Waals surface area (Å²) >= 11 is 0. The average Bonchev–Trinajstić information content (AvgIpc) is 2.95. The number of nitrogens with one attached hydrogen (secondary N) is 1. The second-order valence-corrected chi connectivity index (χ2v) is 5.16. The highest BCUT2D eigenvalue weighted by Crippen LogP contribution is 2.23. The Balaban J connectivity index is 1.85. The second-order valence-electron chi connectivity index (χ2n) is 5.16. The maximum atomic E-state index is 12.2. The Morgan fingerprint density at radius 1 is 1.32 bits per heavy atom. The molecule has 1 aromatic carbocycles. The van der Waals surface area contributed by atoms with Crippen molar-refractivity contribution in [1.82, 2.24) is 10.2 Å².